The van der Waals surface area contributed by atoms with Gasteiger partial charge in [0.05, 0.1) is 17.0 Å². The predicted octanol–water partition coefficient (Wildman–Crippen LogP) is 3.18. The number of guanidine groups is 1. The van der Waals surface area contributed by atoms with Crippen LogP contribution in [0.15, 0.2) is 29.3 Å². The van der Waals surface area contributed by atoms with Crippen molar-refractivity contribution in [3.8, 4) is 5.75 Å². The first-order valence-corrected chi connectivity index (χ1v) is 10.2. The van der Waals surface area contributed by atoms with Crippen LogP contribution in [-0.2, 0) is 16.4 Å². The molecule has 0 saturated carbocycles. The van der Waals surface area contributed by atoms with E-state index in [1.165, 1.54) is 18.2 Å². The van der Waals surface area contributed by atoms with Gasteiger partial charge in [-0.1, -0.05) is 18.2 Å². The predicted molar refractivity (Wildman–Crippen MR) is 113 cm³/mol. The van der Waals surface area contributed by atoms with E-state index in [1.54, 1.807) is 19.9 Å². The molecule has 1 heterocycles. The number of hydrogen-bond donors (Lipinski definition) is 1. The summed E-state index contributed by atoms with van der Waals surface area (Å²) in [5.41, 5.74) is 0.286. The van der Waals surface area contributed by atoms with Crippen molar-refractivity contribution < 1.29 is 26.3 Å². The lowest BCUT2D eigenvalue weighted by Gasteiger charge is -2.39. The highest BCUT2D eigenvalue weighted by Gasteiger charge is 2.41. The largest absolute Gasteiger partial charge is 0.573 e. The van der Waals surface area contributed by atoms with E-state index in [9.17, 15) is 21.6 Å². The quantitative estimate of drug-likeness (QED) is 0.365. The van der Waals surface area contributed by atoms with Gasteiger partial charge in [0.1, 0.15) is 5.75 Å². The molecule has 1 fully saturated rings. The maximum absolute atomic E-state index is 12.6. The smallest absolute Gasteiger partial charge is 0.405 e. The Labute approximate surface area is 180 Å². The van der Waals surface area contributed by atoms with E-state index in [-0.39, 0.29) is 60.7 Å². The second-order valence-corrected chi connectivity index (χ2v) is 9.57. The van der Waals surface area contributed by atoms with Gasteiger partial charge in [0.2, 0.25) is 0 Å². The van der Waals surface area contributed by atoms with Gasteiger partial charge in [-0.15, -0.1) is 37.1 Å². The molecule has 0 radical (unpaired) electrons. The summed E-state index contributed by atoms with van der Waals surface area (Å²) in [6.45, 7) is 6.22. The Hall–Kier alpha value is -1.24. The third kappa shape index (κ3) is 6.39. The van der Waals surface area contributed by atoms with Crippen LogP contribution >= 0.6 is 24.0 Å². The van der Waals surface area contributed by atoms with Crippen molar-refractivity contribution in [1.29, 1.82) is 0 Å². The first-order chi connectivity index (χ1) is 12.5. The summed E-state index contributed by atoms with van der Waals surface area (Å²) in [6.07, 6.45) is -4.78. The molecule has 28 heavy (non-hydrogen) atoms. The van der Waals surface area contributed by atoms with Crippen molar-refractivity contribution in [3.63, 3.8) is 0 Å². The Kier molecular flexibility index (Phi) is 8.42. The van der Waals surface area contributed by atoms with E-state index in [4.69, 9.17) is 0 Å². The van der Waals surface area contributed by atoms with Crippen LogP contribution in [-0.4, -0.2) is 55.8 Å². The van der Waals surface area contributed by atoms with Gasteiger partial charge in [-0.05, 0) is 26.8 Å². The fraction of sp³-hybridized carbons (Fsp3) is 0.588. The number of para-hydroxylation sites is 1. The number of ether oxygens (including phenoxy) is 1. The number of rotatable bonds is 4. The second-order valence-electron chi connectivity index (χ2n) is 6.83. The molecular weight excluding hydrogens is 510 g/mol. The first-order valence-electron chi connectivity index (χ1n) is 8.54. The highest BCUT2D eigenvalue weighted by Crippen LogP contribution is 2.27. The van der Waals surface area contributed by atoms with Gasteiger partial charge >= 0.3 is 6.36 Å². The molecule has 1 aromatic carbocycles. The average molecular weight is 535 g/mol. The molecule has 2 rings (SSSR count). The van der Waals surface area contributed by atoms with Crippen LogP contribution in [0.25, 0.3) is 0 Å². The molecule has 0 unspecified atom stereocenters. The molecule has 11 heteroatoms. The van der Waals surface area contributed by atoms with E-state index < -0.39 is 20.9 Å². The third-order valence-corrected chi connectivity index (χ3v) is 6.81. The molecule has 160 valence electrons. The molecule has 1 aliphatic rings. The number of aliphatic imine (C=N–C) groups is 1. The molecule has 0 aromatic heterocycles. The number of sulfone groups is 1. The molecule has 1 aromatic rings. The van der Waals surface area contributed by atoms with Gasteiger partial charge < -0.3 is 15.0 Å². The summed E-state index contributed by atoms with van der Waals surface area (Å²) in [4.78, 5) is 6.22. The minimum absolute atomic E-state index is 0. The van der Waals surface area contributed by atoms with Crippen LogP contribution in [0.3, 0.4) is 0 Å². The SMILES string of the molecule is CCNC(=NCc1ccccc1OC(F)(F)F)N1CCS(=O)(=O)C(C)(C)C1.I. The van der Waals surface area contributed by atoms with Crippen molar-refractivity contribution in [3.05, 3.63) is 29.8 Å². The van der Waals surface area contributed by atoms with Gasteiger partial charge in [0.15, 0.2) is 15.8 Å². The second kappa shape index (κ2) is 9.51. The highest BCUT2D eigenvalue weighted by molar-refractivity contribution is 14.0. The van der Waals surface area contributed by atoms with Crippen LogP contribution in [0.4, 0.5) is 13.2 Å². The van der Waals surface area contributed by atoms with Crippen LogP contribution in [0, 0.1) is 0 Å². The minimum atomic E-state index is -4.78. The monoisotopic (exact) mass is 535 g/mol. The molecular formula is C17H25F3IN3O3S. The fourth-order valence-corrected chi connectivity index (χ4v) is 4.13. The minimum Gasteiger partial charge on any atom is -0.405 e. The molecule has 0 spiro atoms. The van der Waals surface area contributed by atoms with Gasteiger partial charge in [0.25, 0.3) is 0 Å². The van der Waals surface area contributed by atoms with Gasteiger partial charge in [-0.25, -0.2) is 13.4 Å². The van der Waals surface area contributed by atoms with Crippen LogP contribution in [0.5, 0.6) is 5.75 Å². The molecule has 1 saturated heterocycles. The van der Waals surface area contributed by atoms with E-state index in [2.05, 4.69) is 15.0 Å². The van der Waals surface area contributed by atoms with E-state index >= 15 is 0 Å². The van der Waals surface area contributed by atoms with Gasteiger partial charge in [-0.2, -0.15) is 0 Å². The number of benzene rings is 1. The topological polar surface area (TPSA) is 71.0 Å². The van der Waals surface area contributed by atoms with E-state index in [0.717, 1.165) is 0 Å². The number of hydrogen-bond acceptors (Lipinski definition) is 4. The maximum atomic E-state index is 12.6. The first kappa shape index (κ1) is 24.8. The number of alkyl halides is 3. The zero-order chi connectivity index (χ0) is 20.3. The number of halogens is 4. The Balaban J connectivity index is 0.00000392. The molecule has 1 aliphatic heterocycles. The molecule has 0 bridgehead atoms. The summed E-state index contributed by atoms with van der Waals surface area (Å²) in [6, 6.07) is 5.82. The maximum Gasteiger partial charge on any atom is 0.573 e. The standard InChI is InChI=1S/C17H24F3N3O3S.HI/c1-4-21-15(23-9-10-27(24,25)16(2,3)12-23)22-11-13-7-5-6-8-14(13)26-17(18,19)20;/h5-8H,4,9-12H2,1-3H3,(H,21,22);1H. The molecule has 0 amide bonds. The Morgan fingerprint density at radius 1 is 1.32 bits per heavy atom. The van der Waals surface area contributed by atoms with Crippen molar-refractivity contribution in [2.45, 2.75) is 38.4 Å². The summed E-state index contributed by atoms with van der Waals surface area (Å²) < 4.78 is 65.1. The zero-order valence-electron chi connectivity index (χ0n) is 15.9. The third-order valence-electron chi connectivity index (χ3n) is 4.28. The zero-order valence-corrected chi connectivity index (χ0v) is 19.1. The van der Waals surface area contributed by atoms with E-state index in [1.807, 2.05) is 11.8 Å². The Bertz CT molecular complexity index is 798. The molecule has 0 atom stereocenters. The lowest BCUT2D eigenvalue weighted by atomic mass is 10.2. The molecule has 6 nitrogen and oxygen atoms in total. The Morgan fingerprint density at radius 3 is 2.54 bits per heavy atom. The van der Waals surface area contributed by atoms with Crippen molar-refractivity contribution >= 4 is 39.8 Å². The number of nitrogens with one attached hydrogen (secondary N) is 1. The summed E-state index contributed by atoms with van der Waals surface area (Å²) in [7, 11) is -3.21. The lowest BCUT2D eigenvalue weighted by molar-refractivity contribution is -0.274. The van der Waals surface area contributed by atoms with Gasteiger partial charge in [0, 0.05) is 25.2 Å². The number of nitrogens with zero attached hydrogens (tertiary/aromatic N) is 2. The highest BCUT2D eigenvalue weighted by atomic mass is 127. The average Bonchev–Trinajstić information content (AvgIpc) is 2.54. The van der Waals surface area contributed by atoms with Crippen molar-refractivity contribution in [2.75, 3.05) is 25.4 Å². The lowest BCUT2D eigenvalue weighted by Crippen LogP contribution is -2.57. The molecule has 0 aliphatic carbocycles. The van der Waals surface area contributed by atoms with Crippen LogP contribution in [0.2, 0.25) is 0 Å². The van der Waals surface area contributed by atoms with Crippen LogP contribution in [0.1, 0.15) is 26.3 Å². The van der Waals surface area contributed by atoms with E-state index in [0.29, 0.717) is 12.5 Å². The summed E-state index contributed by atoms with van der Waals surface area (Å²) in [5, 5.41) is 3.07. The van der Waals surface area contributed by atoms with Crippen LogP contribution < -0.4 is 10.1 Å². The fourth-order valence-electron chi connectivity index (χ4n) is 2.77. The molecule has 1 N–H and O–H groups in total. The normalized spacial score (nSPS) is 18.9. The van der Waals surface area contributed by atoms with Crippen molar-refractivity contribution in [1.82, 2.24) is 10.2 Å². The van der Waals surface area contributed by atoms with Gasteiger partial charge in [-0.3, -0.25) is 0 Å². The van der Waals surface area contributed by atoms with Crippen molar-refractivity contribution in [2.24, 2.45) is 4.99 Å². The Morgan fingerprint density at radius 2 is 1.96 bits per heavy atom. The summed E-state index contributed by atoms with van der Waals surface area (Å²) >= 11 is 0. The summed E-state index contributed by atoms with van der Waals surface area (Å²) in [5.74, 6) is 0.159.